The van der Waals surface area contributed by atoms with Gasteiger partial charge in [-0.3, -0.25) is 4.79 Å². The molecule has 0 radical (unpaired) electrons. The summed E-state index contributed by atoms with van der Waals surface area (Å²) < 4.78 is 1.14. The molecule has 8 unspecified atom stereocenters. The van der Waals surface area contributed by atoms with Crippen molar-refractivity contribution in [2.45, 2.75) is 84.6 Å². The Hall–Kier alpha value is -0.370. The Morgan fingerprint density at radius 3 is 2.15 bits per heavy atom. The fraction of sp³-hybridized carbons (Fsp3) is 0.958. The SMILES string of the molecule is CC(=O)C1CCC2C3CCC4CC([N+](C)(C)C)CCC4(C)C3CCC12C. The summed E-state index contributed by atoms with van der Waals surface area (Å²) in [6.45, 7) is 7.00. The maximum absolute atomic E-state index is 12.3. The molecular weight excluding hydrogens is 318 g/mol. The molecule has 0 heterocycles. The Balaban J connectivity index is 1.57. The molecule has 26 heavy (non-hydrogen) atoms. The second-order valence-corrected chi connectivity index (χ2v) is 12.0. The molecule has 4 aliphatic carbocycles. The number of Topliss-reactive ketones (excluding diaryl/α,β-unsaturated/α-hetero) is 1. The number of hydrogen-bond donors (Lipinski definition) is 0. The molecule has 2 nitrogen and oxygen atoms in total. The summed E-state index contributed by atoms with van der Waals surface area (Å²) in [5.74, 6) is 4.42. The Kier molecular flexibility index (Phi) is 4.42. The molecule has 0 spiro atoms. The van der Waals surface area contributed by atoms with E-state index in [1.54, 1.807) is 0 Å². The standard InChI is InChI=1S/C24H42NO/c1-16(26)20-9-10-21-19-8-7-17-15-18(25(4,5)6)11-13-23(17,2)22(19)12-14-24(20,21)3/h17-22H,7-15H2,1-6H3/q+1. The van der Waals surface area contributed by atoms with Gasteiger partial charge in [-0.15, -0.1) is 0 Å². The number of hydrogen-bond acceptors (Lipinski definition) is 1. The number of ketones is 1. The lowest BCUT2D eigenvalue weighted by molar-refractivity contribution is -0.898. The Bertz CT molecular complexity index is 577. The van der Waals surface area contributed by atoms with E-state index in [-0.39, 0.29) is 0 Å². The van der Waals surface area contributed by atoms with Gasteiger partial charge in [-0.1, -0.05) is 13.8 Å². The minimum absolute atomic E-state index is 0.315. The highest BCUT2D eigenvalue weighted by Crippen LogP contribution is 2.67. The van der Waals surface area contributed by atoms with E-state index >= 15 is 0 Å². The predicted molar refractivity (Wildman–Crippen MR) is 108 cm³/mol. The predicted octanol–water partition coefficient (Wildman–Crippen LogP) is 5.31. The molecule has 8 atom stereocenters. The summed E-state index contributed by atoms with van der Waals surface area (Å²) in [7, 11) is 7.18. The number of fused-ring (bicyclic) bond motifs is 5. The molecule has 0 aliphatic heterocycles. The van der Waals surface area contributed by atoms with Gasteiger partial charge in [0.2, 0.25) is 0 Å². The van der Waals surface area contributed by atoms with Gasteiger partial charge in [0.15, 0.2) is 0 Å². The van der Waals surface area contributed by atoms with E-state index in [1.807, 2.05) is 6.92 Å². The van der Waals surface area contributed by atoms with Crippen molar-refractivity contribution in [2.75, 3.05) is 21.1 Å². The van der Waals surface area contributed by atoms with Crippen LogP contribution in [-0.4, -0.2) is 37.5 Å². The Morgan fingerprint density at radius 1 is 0.846 bits per heavy atom. The Morgan fingerprint density at radius 2 is 1.50 bits per heavy atom. The van der Waals surface area contributed by atoms with E-state index in [4.69, 9.17) is 0 Å². The van der Waals surface area contributed by atoms with Crippen molar-refractivity contribution >= 4 is 5.78 Å². The topological polar surface area (TPSA) is 17.1 Å². The number of carbonyl (C=O) groups excluding carboxylic acids is 1. The monoisotopic (exact) mass is 360 g/mol. The molecule has 4 saturated carbocycles. The number of quaternary nitrogens is 1. The summed E-state index contributed by atoms with van der Waals surface area (Å²) in [6.07, 6.45) is 12.4. The lowest BCUT2D eigenvalue weighted by Gasteiger charge is -2.61. The van der Waals surface area contributed by atoms with Crippen LogP contribution in [0.5, 0.6) is 0 Å². The Labute approximate surface area is 161 Å². The van der Waals surface area contributed by atoms with Crippen molar-refractivity contribution in [1.82, 2.24) is 0 Å². The third-order valence-electron chi connectivity index (χ3n) is 10.2. The van der Waals surface area contributed by atoms with E-state index < -0.39 is 0 Å². The van der Waals surface area contributed by atoms with Crippen LogP contribution >= 0.6 is 0 Å². The second kappa shape index (κ2) is 6.06. The first kappa shape index (κ1) is 19.0. The molecule has 0 bridgehead atoms. The van der Waals surface area contributed by atoms with Gasteiger partial charge in [-0.05, 0) is 92.8 Å². The molecule has 0 aromatic rings. The van der Waals surface area contributed by atoms with Crippen molar-refractivity contribution in [3.8, 4) is 0 Å². The smallest absolute Gasteiger partial charge is 0.133 e. The highest BCUT2D eigenvalue weighted by atomic mass is 16.1. The molecule has 4 rings (SSSR count). The minimum Gasteiger partial charge on any atom is -0.328 e. The quantitative estimate of drug-likeness (QED) is 0.610. The van der Waals surface area contributed by atoms with Crippen LogP contribution in [0.1, 0.15) is 78.6 Å². The van der Waals surface area contributed by atoms with Crippen LogP contribution in [-0.2, 0) is 4.79 Å². The maximum atomic E-state index is 12.3. The average Bonchev–Trinajstić information content (AvgIpc) is 2.90. The van der Waals surface area contributed by atoms with Gasteiger partial charge in [-0.25, -0.2) is 0 Å². The molecule has 0 amide bonds. The zero-order valence-corrected chi connectivity index (χ0v) is 18.2. The van der Waals surface area contributed by atoms with Gasteiger partial charge in [-0.2, -0.15) is 0 Å². The molecule has 0 N–H and O–H groups in total. The van der Waals surface area contributed by atoms with Gasteiger partial charge in [0.25, 0.3) is 0 Å². The third kappa shape index (κ3) is 2.65. The van der Waals surface area contributed by atoms with Gasteiger partial charge in [0, 0.05) is 12.3 Å². The van der Waals surface area contributed by atoms with Gasteiger partial charge < -0.3 is 4.48 Å². The van der Waals surface area contributed by atoms with Crippen LogP contribution in [0.3, 0.4) is 0 Å². The normalized spacial score (nSPS) is 51.3. The summed E-state index contributed by atoms with van der Waals surface area (Å²) in [4.78, 5) is 12.3. The van der Waals surface area contributed by atoms with Crippen LogP contribution in [0.25, 0.3) is 0 Å². The van der Waals surface area contributed by atoms with E-state index in [9.17, 15) is 4.79 Å². The molecule has 2 heteroatoms. The lowest BCUT2D eigenvalue weighted by atomic mass is 9.44. The van der Waals surface area contributed by atoms with Crippen LogP contribution in [0.4, 0.5) is 0 Å². The van der Waals surface area contributed by atoms with Crippen molar-refractivity contribution in [1.29, 1.82) is 0 Å². The summed E-state index contributed by atoms with van der Waals surface area (Å²) in [5, 5.41) is 0. The van der Waals surface area contributed by atoms with E-state index in [1.165, 1.54) is 57.8 Å². The molecule has 4 aliphatic rings. The first-order valence-corrected chi connectivity index (χ1v) is 11.4. The summed E-state index contributed by atoms with van der Waals surface area (Å²) >= 11 is 0. The first-order chi connectivity index (χ1) is 12.1. The van der Waals surface area contributed by atoms with Crippen molar-refractivity contribution in [3.63, 3.8) is 0 Å². The van der Waals surface area contributed by atoms with E-state index in [0.29, 0.717) is 22.5 Å². The maximum Gasteiger partial charge on any atom is 0.133 e. The first-order valence-electron chi connectivity index (χ1n) is 11.4. The fourth-order valence-corrected chi connectivity index (χ4v) is 8.61. The zero-order chi connectivity index (χ0) is 18.9. The van der Waals surface area contributed by atoms with Crippen molar-refractivity contribution in [2.24, 2.45) is 40.4 Å². The van der Waals surface area contributed by atoms with Crippen LogP contribution < -0.4 is 0 Å². The van der Waals surface area contributed by atoms with Crippen LogP contribution in [0, 0.1) is 40.4 Å². The molecule has 0 saturated heterocycles. The summed E-state index contributed by atoms with van der Waals surface area (Å²) in [6, 6.07) is 0.854. The van der Waals surface area contributed by atoms with Crippen LogP contribution in [0.15, 0.2) is 0 Å². The second-order valence-electron chi connectivity index (χ2n) is 12.0. The van der Waals surface area contributed by atoms with Crippen LogP contribution in [0.2, 0.25) is 0 Å². The number of nitrogens with zero attached hydrogens (tertiary/aromatic N) is 1. The molecule has 0 aromatic heterocycles. The molecule has 148 valence electrons. The van der Waals surface area contributed by atoms with Gasteiger partial charge >= 0.3 is 0 Å². The number of carbonyl (C=O) groups is 1. The number of rotatable bonds is 2. The molecule has 4 fully saturated rings. The van der Waals surface area contributed by atoms with Crippen molar-refractivity contribution < 1.29 is 9.28 Å². The highest BCUT2D eigenvalue weighted by molar-refractivity contribution is 5.79. The van der Waals surface area contributed by atoms with E-state index in [0.717, 1.165) is 34.2 Å². The average molecular weight is 361 g/mol. The van der Waals surface area contributed by atoms with E-state index in [2.05, 4.69) is 35.0 Å². The fourth-order valence-electron chi connectivity index (χ4n) is 8.61. The zero-order valence-electron chi connectivity index (χ0n) is 18.2. The lowest BCUT2D eigenvalue weighted by Crippen LogP contribution is -2.57. The third-order valence-corrected chi connectivity index (χ3v) is 10.2. The molecular formula is C24H42NO+. The van der Waals surface area contributed by atoms with Crippen molar-refractivity contribution in [3.05, 3.63) is 0 Å². The van der Waals surface area contributed by atoms with Gasteiger partial charge in [0.1, 0.15) is 5.78 Å². The molecule has 0 aromatic carbocycles. The van der Waals surface area contributed by atoms with Gasteiger partial charge in [0.05, 0.1) is 27.2 Å². The summed E-state index contributed by atoms with van der Waals surface area (Å²) in [5.41, 5.74) is 0.889. The highest BCUT2D eigenvalue weighted by Gasteiger charge is 2.61. The largest absolute Gasteiger partial charge is 0.328 e. The minimum atomic E-state index is 0.315.